The first-order chi connectivity index (χ1) is 16.3. The summed E-state index contributed by atoms with van der Waals surface area (Å²) < 4.78 is 17.6. The Morgan fingerprint density at radius 1 is 1.12 bits per heavy atom. The molecule has 9 heteroatoms. The molecule has 2 saturated heterocycles. The van der Waals surface area contributed by atoms with Crippen LogP contribution in [0, 0.1) is 6.92 Å². The van der Waals surface area contributed by atoms with E-state index in [1.807, 2.05) is 50.2 Å². The molecule has 2 aromatic carbocycles. The minimum atomic E-state index is -1.69. The first-order valence-electron chi connectivity index (χ1n) is 11.3. The highest BCUT2D eigenvalue weighted by molar-refractivity contribution is 5.71. The third-order valence-corrected chi connectivity index (χ3v) is 6.30. The van der Waals surface area contributed by atoms with Gasteiger partial charge in [0.15, 0.2) is 5.60 Å². The van der Waals surface area contributed by atoms with Crippen molar-refractivity contribution in [3.63, 3.8) is 0 Å². The van der Waals surface area contributed by atoms with Crippen molar-refractivity contribution in [1.29, 1.82) is 0 Å². The lowest BCUT2D eigenvalue weighted by Crippen LogP contribution is -2.65. The van der Waals surface area contributed by atoms with Crippen LogP contribution in [0.3, 0.4) is 0 Å². The van der Waals surface area contributed by atoms with Crippen molar-refractivity contribution >= 4 is 6.21 Å². The van der Waals surface area contributed by atoms with Gasteiger partial charge >= 0.3 is 0 Å². The van der Waals surface area contributed by atoms with Gasteiger partial charge in [-0.1, -0.05) is 29.4 Å². The van der Waals surface area contributed by atoms with Gasteiger partial charge in [0.1, 0.15) is 30.7 Å². The van der Waals surface area contributed by atoms with Gasteiger partial charge in [-0.2, -0.15) is 0 Å². The van der Waals surface area contributed by atoms with Crippen LogP contribution in [0.5, 0.6) is 5.75 Å². The van der Waals surface area contributed by atoms with Crippen molar-refractivity contribution in [3.8, 4) is 5.75 Å². The third kappa shape index (κ3) is 4.43. The second-order valence-corrected chi connectivity index (χ2v) is 8.58. The Balaban J connectivity index is 1.63. The smallest absolute Gasteiger partial charge is 0.225 e. The second kappa shape index (κ2) is 9.99. The maximum atomic E-state index is 10.9. The van der Waals surface area contributed by atoms with Crippen molar-refractivity contribution in [1.82, 2.24) is 0 Å². The monoisotopic (exact) mass is 473 g/mol. The standard InChI is InChI=1S/C25H31NO8/c1-3-31-20-8-5-17(6-9-20)12-18-13-19(7-4-16(18)2)25-23(30)21(28)22(29)24(34-25,15-32-25)14-26-33-11-10-27/h4-9,13-14,21-23,27-30H,3,10-12,15H2,1-2H3/b26-14+/t21-,22-,23+,24-,25-/m0/s1. The zero-order valence-corrected chi connectivity index (χ0v) is 19.3. The highest BCUT2D eigenvalue weighted by Crippen LogP contribution is 2.49. The van der Waals surface area contributed by atoms with E-state index in [9.17, 15) is 15.3 Å². The lowest BCUT2D eigenvalue weighted by molar-refractivity contribution is -0.312. The Morgan fingerprint density at radius 3 is 2.59 bits per heavy atom. The van der Waals surface area contributed by atoms with Crippen LogP contribution in [0.25, 0.3) is 0 Å². The van der Waals surface area contributed by atoms with Crippen molar-refractivity contribution in [2.45, 2.75) is 50.0 Å². The van der Waals surface area contributed by atoms with Crippen LogP contribution >= 0.6 is 0 Å². The van der Waals surface area contributed by atoms with Crippen LogP contribution in [0.2, 0.25) is 0 Å². The predicted molar refractivity (Wildman–Crippen MR) is 123 cm³/mol. The summed E-state index contributed by atoms with van der Waals surface area (Å²) in [6.07, 6.45) is -2.74. The number of oxime groups is 1. The Bertz CT molecular complexity index is 1010. The summed E-state index contributed by atoms with van der Waals surface area (Å²) in [4.78, 5) is 4.92. The first kappa shape index (κ1) is 24.6. The SMILES string of the molecule is CCOc1ccc(Cc2cc([C@]34OC[C@](/C=N/OCCO)(O3)[C@@H](O)[C@H](O)[C@H]4O)ccc2C)cc1. The van der Waals surface area contributed by atoms with Crippen molar-refractivity contribution < 1.29 is 39.5 Å². The van der Waals surface area contributed by atoms with E-state index in [4.69, 9.17) is 24.2 Å². The average molecular weight is 474 g/mol. The molecule has 184 valence electrons. The molecule has 0 spiro atoms. The number of aliphatic hydroxyl groups excluding tert-OH is 4. The average Bonchev–Trinajstić information content (AvgIpc) is 3.22. The van der Waals surface area contributed by atoms with E-state index in [1.54, 1.807) is 6.07 Å². The van der Waals surface area contributed by atoms with E-state index in [0.29, 0.717) is 18.6 Å². The zero-order chi connectivity index (χ0) is 24.3. The molecule has 0 amide bonds. The molecule has 0 saturated carbocycles. The number of fused-ring (bicyclic) bond motifs is 2. The van der Waals surface area contributed by atoms with E-state index < -0.39 is 29.7 Å². The lowest BCUT2D eigenvalue weighted by Gasteiger charge is -2.45. The Kier molecular flexibility index (Phi) is 7.22. The first-order valence-corrected chi connectivity index (χ1v) is 11.3. The van der Waals surface area contributed by atoms with Gasteiger partial charge < -0.3 is 39.5 Å². The Hall–Kier alpha value is -2.53. The molecule has 2 bridgehead atoms. The van der Waals surface area contributed by atoms with E-state index in [0.717, 1.165) is 22.4 Å². The Morgan fingerprint density at radius 2 is 1.88 bits per heavy atom. The molecule has 4 N–H and O–H groups in total. The molecule has 2 aliphatic rings. The van der Waals surface area contributed by atoms with Crippen LogP contribution < -0.4 is 4.74 Å². The molecule has 2 aliphatic heterocycles. The van der Waals surface area contributed by atoms with Crippen molar-refractivity contribution in [2.24, 2.45) is 5.16 Å². The summed E-state index contributed by atoms with van der Waals surface area (Å²) in [5.41, 5.74) is 2.12. The van der Waals surface area contributed by atoms with Crippen LogP contribution in [0.15, 0.2) is 47.6 Å². The quantitative estimate of drug-likeness (QED) is 0.241. The van der Waals surface area contributed by atoms with Crippen LogP contribution in [0.1, 0.15) is 29.2 Å². The highest BCUT2D eigenvalue weighted by Gasteiger charge is 2.67. The number of aryl methyl sites for hydroxylation is 1. The second-order valence-electron chi connectivity index (χ2n) is 8.58. The largest absolute Gasteiger partial charge is 0.494 e. The van der Waals surface area contributed by atoms with Gasteiger partial charge in [0, 0.05) is 5.56 Å². The fraction of sp³-hybridized carbons (Fsp3) is 0.480. The van der Waals surface area contributed by atoms with Crippen LogP contribution in [-0.4, -0.2) is 77.0 Å². The lowest BCUT2D eigenvalue weighted by atomic mass is 9.83. The van der Waals surface area contributed by atoms with Crippen molar-refractivity contribution in [2.75, 3.05) is 26.4 Å². The molecular weight excluding hydrogens is 442 g/mol. The molecule has 0 radical (unpaired) electrons. The Labute approximate surface area is 198 Å². The topological polar surface area (TPSA) is 130 Å². The number of aliphatic hydroxyl groups is 4. The highest BCUT2D eigenvalue weighted by atomic mass is 16.8. The number of nitrogens with zero attached hydrogens (tertiary/aromatic N) is 1. The molecule has 5 atom stereocenters. The number of hydrogen-bond donors (Lipinski definition) is 4. The molecular formula is C25H31NO8. The third-order valence-electron chi connectivity index (χ3n) is 6.30. The van der Waals surface area contributed by atoms with Crippen LogP contribution in [0.4, 0.5) is 0 Å². The fourth-order valence-corrected chi connectivity index (χ4v) is 4.38. The van der Waals surface area contributed by atoms with E-state index in [-0.39, 0.29) is 19.8 Å². The maximum Gasteiger partial charge on any atom is 0.225 e. The van der Waals surface area contributed by atoms with Gasteiger partial charge in [0.05, 0.1) is 26.0 Å². The van der Waals surface area contributed by atoms with E-state index >= 15 is 0 Å². The number of benzene rings is 2. The van der Waals surface area contributed by atoms with Crippen LogP contribution in [-0.2, 0) is 26.5 Å². The van der Waals surface area contributed by atoms with Crippen molar-refractivity contribution in [3.05, 3.63) is 64.7 Å². The summed E-state index contributed by atoms with van der Waals surface area (Å²) in [7, 11) is 0. The summed E-state index contributed by atoms with van der Waals surface area (Å²) in [5.74, 6) is -0.884. The fourth-order valence-electron chi connectivity index (χ4n) is 4.38. The van der Waals surface area contributed by atoms with Gasteiger partial charge in [-0.3, -0.25) is 0 Å². The van der Waals surface area contributed by atoms with Gasteiger partial charge in [0.2, 0.25) is 5.79 Å². The van der Waals surface area contributed by atoms with E-state index in [2.05, 4.69) is 5.16 Å². The minimum absolute atomic E-state index is 0.0350. The normalized spacial score (nSPS) is 30.6. The summed E-state index contributed by atoms with van der Waals surface area (Å²) >= 11 is 0. The molecule has 0 aromatic heterocycles. The molecule has 0 aliphatic carbocycles. The van der Waals surface area contributed by atoms with Gasteiger partial charge in [-0.05, 0) is 55.2 Å². The molecule has 2 aromatic rings. The zero-order valence-electron chi connectivity index (χ0n) is 19.3. The van der Waals surface area contributed by atoms with E-state index in [1.165, 1.54) is 6.21 Å². The molecule has 2 heterocycles. The van der Waals surface area contributed by atoms with Gasteiger partial charge in [0.25, 0.3) is 0 Å². The molecule has 0 unspecified atom stereocenters. The predicted octanol–water partition coefficient (Wildman–Crippen LogP) is 1.01. The molecule has 34 heavy (non-hydrogen) atoms. The molecule has 4 rings (SSSR count). The molecule has 2 fully saturated rings. The van der Waals surface area contributed by atoms with Gasteiger partial charge in [-0.25, -0.2) is 0 Å². The van der Waals surface area contributed by atoms with Gasteiger partial charge in [-0.15, -0.1) is 0 Å². The summed E-state index contributed by atoms with van der Waals surface area (Å²) in [6, 6.07) is 13.4. The minimum Gasteiger partial charge on any atom is -0.494 e. The number of ether oxygens (including phenoxy) is 3. The summed E-state index contributed by atoms with van der Waals surface area (Å²) in [5, 5.41) is 44.8. The summed E-state index contributed by atoms with van der Waals surface area (Å²) in [6.45, 7) is 4.12. The number of rotatable bonds is 9. The molecule has 9 nitrogen and oxygen atoms in total. The maximum absolute atomic E-state index is 10.9. The number of hydrogen-bond acceptors (Lipinski definition) is 9.